The highest BCUT2D eigenvalue weighted by molar-refractivity contribution is 5.66. The van der Waals surface area contributed by atoms with Crippen LogP contribution in [0.2, 0.25) is 0 Å². The van der Waals surface area contributed by atoms with Gasteiger partial charge in [-0.3, -0.25) is 4.79 Å². The summed E-state index contributed by atoms with van der Waals surface area (Å²) < 4.78 is 0. The Balaban J connectivity index is 2.75. The van der Waals surface area contributed by atoms with Crippen LogP contribution in [0.5, 0.6) is 0 Å². The van der Waals surface area contributed by atoms with Crippen LogP contribution in [0.25, 0.3) is 10.4 Å². The molecule has 1 unspecified atom stereocenters. The van der Waals surface area contributed by atoms with Crippen molar-refractivity contribution in [3.8, 4) is 0 Å². The topological polar surface area (TPSA) is 127 Å². The largest absolute Gasteiger partial charge is 0.481 e. The SMILES string of the molecule is CC(C)=CCC(C)[C@H](O)/C=C/[C@@H]1[C@@H](C/C=C\CCCC(=O)O)[C@@H](N=[N+]=[N-])C[C@H]1O. The van der Waals surface area contributed by atoms with Gasteiger partial charge in [-0.25, -0.2) is 0 Å². The normalized spacial score (nSPS) is 26.4. The molecule has 6 atom stereocenters. The van der Waals surface area contributed by atoms with Crippen LogP contribution < -0.4 is 0 Å². The van der Waals surface area contributed by atoms with Gasteiger partial charge in [0, 0.05) is 23.3 Å². The van der Waals surface area contributed by atoms with Crippen LogP contribution in [0.4, 0.5) is 0 Å². The second kappa shape index (κ2) is 13.2. The summed E-state index contributed by atoms with van der Waals surface area (Å²) in [5.74, 6) is -0.976. The number of carboxylic acid groups (broad SMARTS) is 1. The molecular formula is C22H35N3O4. The molecule has 0 heterocycles. The molecule has 0 aromatic rings. The third kappa shape index (κ3) is 9.31. The molecule has 7 nitrogen and oxygen atoms in total. The monoisotopic (exact) mass is 405 g/mol. The molecule has 0 saturated heterocycles. The van der Waals surface area contributed by atoms with Crippen molar-refractivity contribution in [3.63, 3.8) is 0 Å². The lowest BCUT2D eigenvalue weighted by Crippen LogP contribution is -2.21. The zero-order valence-electron chi connectivity index (χ0n) is 17.7. The number of carboxylic acids is 1. The Labute approximate surface area is 173 Å². The maximum Gasteiger partial charge on any atom is 0.303 e. The minimum atomic E-state index is -0.802. The number of rotatable bonds is 12. The molecule has 1 fully saturated rings. The van der Waals surface area contributed by atoms with E-state index in [9.17, 15) is 15.0 Å². The van der Waals surface area contributed by atoms with Gasteiger partial charge >= 0.3 is 5.97 Å². The number of nitrogens with zero attached hydrogens (tertiary/aromatic N) is 3. The lowest BCUT2D eigenvalue weighted by atomic mass is 9.88. The van der Waals surface area contributed by atoms with Gasteiger partial charge in [0.1, 0.15) is 0 Å². The number of unbranched alkanes of at least 4 members (excludes halogenated alkanes) is 1. The van der Waals surface area contributed by atoms with E-state index in [4.69, 9.17) is 10.6 Å². The average Bonchev–Trinajstić information content (AvgIpc) is 2.95. The minimum Gasteiger partial charge on any atom is -0.481 e. The average molecular weight is 406 g/mol. The summed E-state index contributed by atoms with van der Waals surface area (Å²) in [6.07, 6.45) is 11.6. The zero-order chi connectivity index (χ0) is 21.8. The Morgan fingerprint density at radius 3 is 2.69 bits per heavy atom. The highest BCUT2D eigenvalue weighted by Gasteiger charge is 2.40. The molecule has 1 aliphatic carbocycles. The van der Waals surface area contributed by atoms with E-state index >= 15 is 0 Å². The third-order valence-electron chi connectivity index (χ3n) is 5.46. The quantitative estimate of drug-likeness (QED) is 0.142. The van der Waals surface area contributed by atoms with Crippen LogP contribution in [0, 0.1) is 17.8 Å². The lowest BCUT2D eigenvalue weighted by Gasteiger charge is -2.21. The van der Waals surface area contributed by atoms with Crippen molar-refractivity contribution in [2.45, 2.75) is 77.5 Å². The molecule has 3 N–H and O–H groups in total. The Kier molecular flexibility index (Phi) is 11.4. The van der Waals surface area contributed by atoms with E-state index in [1.54, 1.807) is 6.08 Å². The number of aliphatic carboxylic acids is 1. The summed E-state index contributed by atoms with van der Waals surface area (Å²) in [4.78, 5) is 13.5. The van der Waals surface area contributed by atoms with Crippen LogP contribution in [-0.2, 0) is 4.79 Å². The molecule has 162 valence electrons. The summed E-state index contributed by atoms with van der Waals surface area (Å²) in [5, 5.41) is 33.4. The summed E-state index contributed by atoms with van der Waals surface area (Å²) in [5.41, 5.74) is 10.1. The van der Waals surface area contributed by atoms with Crippen molar-refractivity contribution in [3.05, 3.63) is 46.4 Å². The van der Waals surface area contributed by atoms with Gasteiger partial charge in [0.2, 0.25) is 0 Å². The van der Waals surface area contributed by atoms with Crippen molar-refractivity contribution in [2.24, 2.45) is 22.9 Å². The van der Waals surface area contributed by atoms with Gasteiger partial charge in [-0.15, -0.1) is 0 Å². The Morgan fingerprint density at radius 1 is 1.34 bits per heavy atom. The molecule has 0 radical (unpaired) electrons. The van der Waals surface area contributed by atoms with Crippen LogP contribution in [0.15, 0.2) is 41.1 Å². The number of hydrogen-bond donors (Lipinski definition) is 3. The van der Waals surface area contributed by atoms with Crippen molar-refractivity contribution in [2.75, 3.05) is 0 Å². The summed E-state index contributed by atoms with van der Waals surface area (Å²) in [7, 11) is 0. The molecule has 0 amide bonds. The van der Waals surface area contributed by atoms with Gasteiger partial charge in [-0.05, 0) is 63.3 Å². The molecule has 7 heteroatoms. The molecule has 1 aliphatic rings. The van der Waals surface area contributed by atoms with E-state index in [1.807, 2.05) is 39.0 Å². The summed E-state index contributed by atoms with van der Waals surface area (Å²) in [6.45, 7) is 6.04. The maximum atomic E-state index is 10.6. The standard InChI is InChI=1S/C22H35N3O4/c1-15(2)10-11-16(3)20(26)13-12-18-17(19(24-25-23)14-21(18)27)8-6-4-5-7-9-22(28)29/h4,6,10,12-13,16-21,26-27H,5,7-9,11,14H2,1-3H3,(H,28,29)/b6-4-,13-12+/t16?,17-,18-,19+,20-,21-/m1/s1. The first kappa shape index (κ1) is 25.0. The molecular weight excluding hydrogens is 370 g/mol. The van der Waals surface area contributed by atoms with Crippen LogP contribution >= 0.6 is 0 Å². The molecule has 0 aliphatic heterocycles. The van der Waals surface area contributed by atoms with Crippen LogP contribution in [0.3, 0.4) is 0 Å². The Bertz CT molecular complexity index is 648. The van der Waals surface area contributed by atoms with E-state index in [2.05, 4.69) is 16.1 Å². The molecule has 1 saturated carbocycles. The second-order valence-electron chi connectivity index (χ2n) is 8.18. The van der Waals surface area contributed by atoms with E-state index in [-0.39, 0.29) is 30.2 Å². The first-order valence-electron chi connectivity index (χ1n) is 10.3. The number of aliphatic hydroxyl groups excluding tert-OH is 2. The zero-order valence-corrected chi connectivity index (χ0v) is 17.7. The van der Waals surface area contributed by atoms with E-state index in [0.717, 1.165) is 6.42 Å². The Hall–Kier alpha value is -2.08. The van der Waals surface area contributed by atoms with Crippen LogP contribution in [0.1, 0.15) is 59.3 Å². The van der Waals surface area contributed by atoms with Gasteiger partial charge in [-0.1, -0.05) is 48.0 Å². The molecule has 1 rings (SSSR count). The van der Waals surface area contributed by atoms with Crippen LogP contribution in [-0.4, -0.2) is 39.5 Å². The third-order valence-corrected chi connectivity index (χ3v) is 5.46. The lowest BCUT2D eigenvalue weighted by molar-refractivity contribution is -0.137. The van der Waals surface area contributed by atoms with Crippen molar-refractivity contribution >= 4 is 5.97 Å². The van der Waals surface area contributed by atoms with Gasteiger partial charge in [0.05, 0.1) is 12.2 Å². The first-order chi connectivity index (χ1) is 13.8. The fraction of sp³-hybridized carbons (Fsp3) is 0.682. The van der Waals surface area contributed by atoms with E-state index in [1.165, 1.54) is 5.57 Å². The number of carbonyl (C=O) groups is 1. The van der Waals surface area contributed by atoms with Gasteiger partial charge < -0.3 is 15.3 Å². The van der Waals surface area contributed by atoms with Crippen molar-refractivity contribution in [1.29, 1.82) is 0 Å². The number of azide groups is 1. The van der Waals surface area contributed by atoms with E-state index in [0.29, 0.717) is 25.7 Å². The number of hydrogen-bond acceptors (Lipinski definition) is 4. The highest BCUT2D eigenvalue weighted by atomic mass is 16.4. The molecule has 29 heavy (non-hydrogen) atoms. The summed E-state index contributed by atoms with van der Waals surface area (Å²) >= 11 is 0. The highest BCUT2D eigenvalue weighted by Crippen LogP contribution is 2.38. The molecule has 0 spiro atoms. The fourth-order valence-corrected chi connectivity index (χ4v) is 3.64. The second-order valence-corrected chi connectivity index (χ2v) is 8.18. The number of allylic oxidation sites excluding steroid dienone is 4. The fourth-order valence-electron chi connectivity index (χ4n) is 3.64. The van der Waals surface area contributed by atoms with Crippen molar-refractivity contribution < 1.29 is 20.1 Å². The predicted octanol–water partition coefficient (Wildman–Crippen LogP) is 4.77. The predicted molar refractivity (Wildman–Crippen MR) is 114 cm³/mol. The van der Waals surface area contributed by atoms with Gasteiger partial charge in [0.15, 0.2) is 0 Å². The first-order valence-corrected chi connectivity index (χ1v) is 10.3. The molecule has 0 bridgehead atoms. The summed E-state index contributed by atoms with van der Waals surface area (Å²) in [6, 6.07) is -0.298. The Morgan fingerprint density at radius 2 is 2.07 bits per heavy atom. The van der Waals surface area contributed by atoms with Gasteiger partial charge in [0.25, 0.3) is 0 Å². The minimum absolute atomic E-state index is 0.0480. The molecule has 0 aromatic carbocycles. The number of aliphatic hydroxyl groups is 2. The smallest absolute Gasteiger partial charge is 0.303 e. The maximum absolute atomic E-state index is 10.6. The van der Waals surface area contributed by atoms with Gasteiger partial charge in [-0.2, -0.15) is 0 Å². The molecule has 0 aromatic heterocycles. The van der Waals surface area contributed by atoms with Crippen molar-refractivity contribution in [1.82, 2.24) is 0 Å². The van der Waals surface area contributed by atoms with E-state index < -0.39 is 18.2 Å².